The van der Waals surface area contributed by atoms with E-state index < -0.39 is 11.8 Å². The zero-order chi connectivity index (χ0) is 22.2. The Morgan fingerprint density at radius 1 is 0.871 bits per heavy atom. The number of hydrogen-bond donors (Lipinski definition) is 2. The number of carbonyl (C=O) groups is 2. The van der Waals surface area contributed by atoms with Gasteiger partial charge in [-0.3, -0.25) is 9.59 Å². The van der Waals surface area contributed by atoms with Crippen molar-refractivity contribution in [3.63, 3.8) is 0 Å². The summed E-state index contributed by atoms with van der Waals surface area (Å²) in [6.07, 6.45) is 1.46. The molecule has 0 atom stereocenters. The Hall–Kier alpha value is -3.93. The molecule has 2 amide bonds. The van der Waals surface area contributed by atoms with Gasteiger partial charge in [-0.05, 0) is 79.4 Å². The topological polar surface area (TPSA) is 79.8 Å². The first-order valence-electron chi connectivity index (χ1n) is 9.91. The molecular formula is C25H25N3O3. The van der Waals surface area contributed by atoms with Gasteiger partial charge in [-0.25, -0.2) is 5.43 Å². The van der Waals surface area contributed by atoms with Crippen molar-refractivity contribution in [2.45, 2.75) is 27.4 Å². The average Bonchev–Trinajstić information content (AvgIpc) is 2.76. The summed E-state index contributed by atoms with van der Waals surface area (Å²) in [5, 5.41) is 6.40. The average molecular weight is 415 g/mol. The normalized spacial score (nSPS) is 10.7. The smallest absolute Gasteiger partial charge is 0.329 e. The fourth-order valence-electron chi connectivity index (χ4n) is 2.72. The molecule has 3 aromatic rings. The van der Waals surface area contributed by atoms with Crippen molar-refractivity contribution in [2.75, 3.05) is 5.32 Å². The largest absolute Gasteiger partial charge is 0.489 e. The predicted octanol–water partition coefficient (Wildman–Crippen LogP) is 4.28. The molecule has 0 radical (unpaired) electrons. The second-order valence-electron chi connectivity index (χ2n) is 7.30. The Balaban J connectivity index is 1.47. The van der Waals surface area contributed by atoms with E-state index in [4.69, 9.17) is 4.74 Å². The van der Waals surface area contributed by atoms with E-state index in [0.717, 1.165) is 28.0 Å². The van der Waals surface area contributed by atoms with Crippen LogP contribution in [0.1, 0.15) is 27.8 Å². The fourth-order valence-corrected chi connectivity index (χ4v) is 2.72. The molecule has 0 aliphatic rings. The summed E-state index contributed by atoms with van der Waals surface area (Å²) in [4.78, 5) is 23.9. The highest BCUT2D eigenvalue weighted by Gasteiger charge is 2.13. The lowest BCUT2D eigenvalue weighted by Crippen LogP contribution is -2.32. The van der Waals surface area contributed by atoms with Gasteiger partial charge in [0.1, 0.15) is 12.4 Å². The highest BCUT2D eigenvalue weighted by atomic mass is 16.5. The molecule has 0 aromatic heterocycles. The number of rotatable bonds is 6. The molecule has 0 heterocycles. The van der Waals surface area contributed by atoms with E-state index in [1.54, 1.807) is 6.07 Å². The SMILES string of the molecule is Cc1ccc(COc2ccc(/C=N\NC(=O)C(=O)Nc3ccc(C)c(C)c3)cc2)cc1. The van der Waals surface area contributed by atoms with E-state index in [0.29, 0.717) is 12.3 Å². The van der Waals surface area contributed by atoms with Crippen LogP contribution in [-0.2, 0) is 16.2 Å². The summed E-state index contributed by atoms with van der Waals surface area (Å²) in [6.45, 7) is 6.45. The quantitative estimate of drug-likeness (QED) is 0.358. The number of amides is 2. The second kappa shape index (κ2) is 10.2. The summed E-state index contributed by atoms with van der Waals surface area (Å²) in [5.74, 6) is -0.887. The predicted molar refractivity (Wildman–Crippen MR) is 122 cm³/mol. The third-order valence-electron chi connectivity index (χ3n) is 4.76. The van der Waals surface area contributed by atoms with Crippen molar-refractivity contribution in [1.82, 2.24) is 5.43 Å². The van der Waals surface area contributed by atoms with Gasteiger partial charge < -0.3 is 10.1 Å². The van der Waals surface area contributed by atoms with E-state index >= 15 is 0 Å². The Kier molecular flexibility index (Phi) is 7.17. The lowest BCUT2D eigenvalue weighted by molar-refractivity contribution is -0.136. The zero-order valence-corrected chi connectivity index (χ0v) is 17.8. The van der Waals surface area contributed by atoms with Gasteiger partial charge in [0.2, 0.25) is 0 Å². The van der Waals surface area contributed by atoms with E-state index in [1.807, 2.05) is 69.3 Å². The minimum Gasteiger partial charge on any atom is -0.489 e. The van der Waals surface area contributed by atoms with E-state index in [2.05, 4.69) is 28.0 Å². The highest BCUT2D eigenvalue weighted by Crippen LogP contribution is 2.15. The van der Waals surface area contributed by atoms with Crippen LogP contribution >= 0.6 is 0 Å². The minimum absolute atomic E-state index is 0.486. The molecule has 0 unspecified atom stereocenters. The molecule has 0 spiro atoms. The Bertz CT molecular complexity index is 1090. The van der Waals surface area contributed by atoms with Gasteiger partial charge >= 0.3 is 11.8 Å². The first-order valence-corrected chi connectivity index (χ1v) is 9.91. The van der Waals surface area contributed by atoms with Crippen LogP contribution in [-0.4, -0.2) is 18.0 Å². The molecule has 0 saturated heterocycles. The van der Waals surface area contributed by atoms with Crippen LogP contribution < -0.4 is 15.5 Å². The van der Waals surface area contributed by atoms with Crippen molar-refractivity contribution in [1.29, 1.82) is 0 Å². The molecule has 0 bridgehead atoms. The first-order chi connectivity index (χ1) is 14.9. The van der Waals surface area contributed by atoms with Gasteiger partial charge in [0.05, 0.1) is 6.21 Å². The number of hydrogen-bond acceptors (Lipinski definition) is 4. The second-order valence-corrected chi connectivity index (χ2v) is 7.30. The number of ether oxygens (including phenoxy) is 1. The van der Waals surface area contributed by atoms with Crippen LogP contribution in [0.2, 0.25) is 0 Å². The molecule has 0 fully saturated rings. The third kappa shape index (κ3) is 6.54. The molecular weight excluding hydrogens is 390 g/mol. The number of benzene rings is 3. The van der Waals surface area contributed by atoms with Crippen LogP contribution in [0.15, 0.2) is 71.8 Å². The number of anilines is 1. The molecule has 31 heavy (non-hydrogen) atoms. The maximum Gasteiger partial charge on any atom is 0.329 e. The molecule has 2 N–H and O–H groups in total. The first kappa shape index (κ1) is 21.8. The van der Waals surface area contributed by atoms with Gasteiger partial charge in [0, 0.05) is 5.69 Å². The number of carbonyl (C=O) groups excluding carboxylic acids is 2. The molecule has 6 heteroatoms. The fraction of sp³-hybridized carbons (Fsp3) is 0.160. The van der Waals surface area contributed by atoms with Gasteiger partial charge in [0.25, 0.3) is 0 Å². The lowest BCUT2D eigenvalue weighted by Gasteiger charge is -2.07. The number of aryl methyl sites for hydroxylation is 3. The van der Waals surface area contributed by atoms with Gasteiger partial charge in [-0.1, -0.05) is 35.9 Å². The van der Waals surface area contributed by atoms with Crippen molar-refractivity contribution in [2.24, 2.45) is 5.10 Å². The molecule has 3 aromatic carbocycles. The monoisotopic (exact) mass is 415 g/mol. The van der Waals surface area contributed by atoms with Crippen molar-refractivity contribution >= 4 is 23.7 Å². The molecule has 6 nitrogen and oxygen atoms in total. The molecule has 0 aliphatic heterocycles. The number of nitrogens with zero attached hydrogens (tertiary/aromatic N) is 1. The van der Waals surface area contributed by atoms with E-state index in [9.17, 15) is 9.59 Å². The van der Waals surface area contributed by atoms with Crippen molar-refractivity contribution < 1.29 is 14.3 Å². The van der Waals surface area contributed by atoms with Crippen molar-refractivity contribution in [3.8, 4) is 5.75 Å². The van der Waals surface area contributed by atoms with Crippen LogP contribution in [0.3, 0.4) is 0 Å². The van der Waals surface area contributed by atoms with Gasteiger partial charge in [0.15, 0.2) is 0 Å². The Labute approximate surface area is 182 Å². The van der Waals surface area contributed by atoms with Crippen molar-refractivity contribution in [3.05, 3.63) is 94.5 Å². The number of hydrazone groups is 1. The van der Waals surface area contributed by atoms with Gasteiger partial charge in [-0.15, -0.1) is 0 Å². The molecule has 0 aliphatic carbocycles. The highest BCUT2D eigenvalue weighted by molar-refractivity contribution is 6.39. The summed E-state index contributed by atoms with van der Waals surface area (Å²) in [5.41, 5.74) is 8.00. The maximum atomic E-state index is 12.0. The van der Waals surface area contributed by atoms with Crippen LogP contribution in [0, 0.1) is 20.8 Å². The standard InChI is InChI=1S/C25H25N3O3/c1-17-4-7-21(8-5-17)16-31-23-12-9-20(10-13-23)15-26-28-25(30)24(29)27-22-11-6-18(2)19(3)14-22/h4-15H,16H2,1-3H3,(H,27,29)(H,28,30)/b26-15-. The summed E-state index contributed by atoms with van der Waals surface area (Å²) in [6, 6.07) is 20.9. The molecule has 3 rings (SSSR count). The summed E-state index contributed by atoms with van der Waals surface area (Å²) >= 11 is 0. The molecule has 0 saturated carbocycles. The maximum absolute atomic E-state index is 12.0. The Morgan fingerprint density at radius 3 is 2.26 bits per heavy atom. The van der Waals surface area contributed by atoms with E-state index in [1.165, 1.54) is 11.8 Å². The summed E-state index contributed by atoms with van der Waals surface area (Å²) in [7, 11) is 0. The third-order valence-corrected chi connectivity index (χ3v) is 4.76. The van der Waals surface area contributed by atoms with Crippen LogP contribution in [0.4, 0.5) is 5.69 Å². The van der Waals surface area contributed by atoms with Gasteiger partial charge in [-0.2, -0.15) is 5.10 Å². The van der Waals surface area contributed by atoms with Crippen LogP contribution in [0.25, 0.3) is 0 Å². The molecule has 158 valence electrons. The Morgan fingerprint density at radius 2 is 1.58 bits per heavy atom. The van der Waals surface area contributed by atoms with E-state index in [-0.39, 0.29) is 0 Å². The lowest BCUT2D eigenvalue weighted by atomic mass is 10.1. The minimum atomic E-state index is -0.840. The zero-order valence-electron chi connectivity index (χ0n) is 17.8. The number of nitrogens with one attached hydrogen (secondary N) is 2. The van der Waals surface area contributed by atoms with Crippen LogP contribution in [0.5, 0.6) is 5.75 Å². The summed E-state index contributed by atoms with van der Waals surface area (Å²) < 4.78 is 5.77.